The molecule has 0 aromatic heterocycles. The van der Waals surface area contributed by atoms with E-state index in [1.807, 2.05) is 0 Å². The maximum absolute atomic E-state index is 13.1. The van der Waals surface area contributed by atoms with Crippen molar-refractivity contribution in [2.24, 2.45) is 0 Å². The van der Waals surface area contributed by atoms with E-state index in [1.54, 1.807) is 0 Å². The van der Waals surface area contributed by atoms with Crippen LogP contribution in [0.15, 0.2) is 0 Å². The summed E-state index contributed by atoms with van der Waals surface area (Å²) >= 11 is 0. The quantitative estimate of drug-likeness (QED) is 0.277. The molecule has 0 saturated heterocycles. The Morgan fingerprint density at radius 3 is 1.67 bits per heavy atom. The molecule has 0 saturated carbocycles. The second-order valence-corrected chi connectivity index (χ2v) is 3.15. The van der Waals surface area contributed by atoms with Crippen LogP contribution >= 0.6 is 0 Å². The van der Waals surface area contributed by atoms with E-state index in [0.29, 0.717) is 0 Å². The number of Topliss-reactive ketones (excluding diaryl/α,β-unsaturated/α-hetero) is 1. The summed E-state index contributed by atoms with van der Waals surface area (Å²) < 4.78 is 68.4. The summed E-state index contributed by atoms with van der Waals surface area (Å²) in [6, 6.07) is 0. The molecule has 3 nitrogen and oxygen atoms in total. The highest BCUT2D eigenvalue weighted by Crippen LogP contribution is 2.23. The number of hydrogen-bond acceptors (Lipinski definition) is 3. The monoisotopic (exact) mass is 268 g/mol. The molecule has 1 rings (SSSR count). The fraction of sp³-hybridized carbons (Fsp3) is 0.200. The molecule has 0 heterocycles. The highest BCUT2D eigenvalue weighted by atomic mass is 19.2. The van der Waals surface area contributed by atoms with Gasteiger partial charge in [-0.05, 0) is 0 Å². The molecule has 8 heteroatoms. The van der Waals surface area contributed by atoms with Crippen molar-refractivity contribution >= 4 is 11.8 Å². The first-order valence-corrected chi connectivity index (χ1v) is 4.45. The van der Waals surface area contributed by atoms with E-state index in [0.717, 1.165) is 6.92 Å². The van der Waals surface area contributed by atoms with Gasteiger partial charge in [0.2, 0.25) is 11.6 Å². The third-order valence-corrected chi connectivity index (χ3v) is 1.90. The zero-order chi connectivity index (χ0) is 14.0. The van der Waals surface area contributed by atoms with E-state index in [1.165, 1.54) is 0 Å². The van der Waals surface area contributed by atoms with Crippen molar-refractivity contribution < 1.29 is 36.3 Å². The zero-order valence-corrected chi connectivity index (χ0v) is 8.82. The van der Waals surface area contributed by atoms with Crippen molar-refractivity contribution in [3.63, 3.8) is 0 Å². The van der Waals surface area contributed by atoms with Crippen LogP contribution in [0.3, 0.4) is 0 Å². The fourth-order valence-electron chi connectivity index (χ4n) is 1.09. The largest absolute Gasteiger partial charge is 0.457 e. The molecule has 0 atom stereocenters. The summed E-state index contributed by atoms with van der Waals surface area (Å²) in [5.41, 5.74) is -1.63. The molecule has 0 radical (unpaired) electrons. The van der Waals surface area contributed by atoms with Gasteiger partial charge in [-0.2, -0.15) is 0 Å². The number of halogens is 5. The molecule has 0 fully saturated rings. The number of ether oxygens (including phenoxy) is 1. The first-order valence-electron chi connectivity index (χ1n) is 4.45. The summed E-state index contributed by atoms with van der Waals surface area (Å²) in [4.78, 5) is 21.6. The van der Waals surface area contributed by atoms with Crippen molar-refractivity contribution in [3.8, 4) is 0 Å². The average Bonchev–Trinajstić information content (AvgIpc) is 2.31. The summed E-state index contributed by atoms with van der Waals surface area (Å²) in [6.07, 6.45) is 0. The van der Waals surface area contributed by atoms with E-state index in [-0.39, 0.29) is 0 Å². The van der Waals surface area contributed by atoms with Gasteiger partial charge in [0.05, 0.1) is 5.56 Å². The Morgan fingerprint density at radius 2 is 1.28 bits per heavy atom. The maximum atomic E-state index is 13.1. The Balaban J connectivity index is 3.24. The van der Waals surface area contributed by atoms with Crippen LogP contribution in [0.1, 0.15) is 17.3 Å². The molecule has 0 aliphatic rings. The molecule has 18 heavy (non-hydrogen) atoms. The lowest BCUT2D eigenvalue weighted by Crippen LogP contribution is -2.18. The third kappa shape index (κ3) is 2.47. The standard InChI is InChI=1S/C10H5F5O3/c1-3(16)18-2-4(17)5-6(11)8(13)10(15)9(14)7(5)12/h2H2,1H3. The number of carbonyl (C=O) groups excluding carboxylic acids is 2. The first-order chi connectivity index (χ1) is 8.27. The summed E-state index contributed by atoms with van der Waals surface area (Å²) in [5, 5.41) is 0. The first kappa shape index (κ1) is 14.1. The van der Waals surface area contributed by atoms with E-state index in [4.69, 9.17) is 0 Å². The second-order valence-electron chi connectivity index (χ2n) is 3.15. The van der Waals surface area contributed by atoms with Crippen LogP contribution in [0.4, 0.5) is 22.0 Å². The normalized spacial score (nSPS) is 10.3. The van der Waals surface area contributed by atoms with Gasteiger partial charge in [-0.25, -0.2) is 22.0 Å². The summed E-state index contributed by atoms with van der Waals surface area (Å²) in [6.45, 7) is -0.209. The molecule has 0 aliphatic heterocycles. The third-order valence-electron chi connectivity index (χ3n) is 1.90. The smallest absolute Gasteiger partial charge is 0.303 e. The Labute approximate surface area is 97.2 Å². The van der Waals surface area contributed by atoms with Gasteiger partial charge in [-0.1, -0.05) is 0 Å². The lowest BCUT2D eigenvalue weighted by Gasteiger charge is -2.07. The predicted molar refractivity (Wildman–Crippen MR) is 47.2 cm³/mol. The molecule has 0 unspecified atom stereocenters. The van der Waals surface area contributed by atoms with Crippen molar-refractivity contribution in [2.75, 3.05) is 6.61 Å². The molecule has 0 N–H and O–H groups in total. The van der Waals surface area contributed by atoms with Crippen LogP contribution in [0, 0.1) is 29.1 Å². The molecule has 0 aliphatic carbocycles. The molecular formula is C10H5F5O3. The van der Waals surface area contributed by atoms with Gasteiger partial charge in [0.15, 0.2) is 29.9 Å². The summed E-state index contributed by atoms with van der Waals surface area (Å²) in [7, 11) is 0. The molecular weight excluding hydrogens is 263 g/mol. The van der Waals surface area contributed by atoms with Crippen LogP contribution in [0.5, 0.6) is 0 Å². The van der Waals surface area contributed by atoms with Gasteiger partial charge in [0, 0.05) is 6.92 Å². The van der Waals surface area contributed by atoms with Crippen molar-refractivity contribution in [1.82, 2.24) is 0 Å². The number of benzene rings is 1. The van der Waals surface area contributed by atoms with E-state index < -0.39 is 53.0 Å². The number of rotatable bonds is 3. The lowest BCUT2D eigenvalue weighted by molar-refractivity contribution is -0.139. The Hall–Kier alpha value is -1.99. The minimum Gasteiger partial charge on any atom is -0.457 e. The molecule has 98 valence electrons. The van der Waals surface area contributed by atoms with Crippen LogP contribution in [0.2, 0.25) is 0 Å². The Morgan fingerprint density at radius 1 is 0.889 bits per heavy atom. The molecule has 0 spiro atoms. The van der Waals surface area contributed by atoms with E-state index >= 15 is 0 Å². The van der Waals surface area contributed by atoms with Gasteiger partial charge in [0.1, 0.15) is 0 Å². The SMILES string of the molecule is CC(=O)OCC(=O)c1c(F)c(F)c(F)c(F)c1F. The van der Waals surface area contributed by atoms with E-state index in [2.05, 4.69) is 4.74 Å². The molecule has 1 aromatic carbocycles. The number of carbonyl (C=O) groups is 2. The van der Waals surface area contributed by atoms with Crippen molar-refractivity contribution in [2.45, 2.75) is 6.92 Å². The van der Waals surface area contributed by atoms with Crippen LogP contribution < -0.4 is 0 Å². The van der Waals surface area contributed by atoms with Crippen LogP contribution in [-0.2, 0) is 9.53 Å². The van der Waals surface area contributed by atoms with Crippen LogP contribution in [0.25, 0.3) is 0 Å². The Bertz CT molecular complexity index is 498. The van der Waals surface area contributed by atoms with E-state index in [9.17, 15) is 31.5 Å². The number of hydrogen-bond donors (Lipinski definition) is 0. The second kappa shape index (κ2) is 5.11. The van der Waals surface area contributed by atoms with Gasteiger partial charge in [0.25, 0.3) is 0 Å². The highest BCUT2D eigenvalue weighted by molar-refractivity contribution is 5.98. The minimum atomic E-state index is -2.37. The van der Waals surface area contributed by atoms with Gasteiger partial charge < -0.3 is 4.74 Å². The lowest BCUT2D eigenvalue weighted by atomic mass is 10.1. The topological polar surface area (TPSA) is 43.4 Å². The summed E-state index contributed by atoms with van der Waals surface area (Å²) in [5.74, 6) is -13.8. The minimum absolute atomic E-state index is 0.909. The van der Waals surface area contributed by atoms with Gasteiger partial charge in [-0.3, -0.25) is 9.59 Å². The predicted octanol–water partition coefficient (Wildman–Crippen LogP) is 2.13. The van der Waals surface area contributed by atoms with Crippen LogP contribution in [-0.4, -0.2) is 18.4 Å². The zero-order valence-electron chi connectivity index (χ0n) is 8.82. The van der Waals surface area contributed by atoms with Crippen molar-refractivity contribution in [3.05, 3.63) is 34.6 Å². The average molecular weight is 268 g/mol. The van der Waals surface area contributed by atoms with Gasteiger partial charge in [-0.15, -0.1) is 0 Å². The fourth-order valence-corrected chi connectivity index (χ4v) is 1.09. The Kier molecular flexibility index (Phi) is 4.00. The highest BCUT2D eigenvalue weighted by Gasteiger charge is 2.29. The number of esters is 1. The van der Waals surface area contributed by atoms with Crippen molar-refractivity contribution in [1.29, 1.82) is 0 Å². The van der Waals surface area contributed by atoms with Gasteiger partial charge >= 0.3 is 5.97 Å². The molecule has 1 aromatic rings. The molecule has 0 amide bonds. The molecule has 0 bridgehead atoms. The number of ketones is 1. The maximum Gasteiger partial charge on any atom is 0.303 e.